The molecule has 1 heterocycles. The number of carboxylic acid groups (broad SMARTS) is 1. The number of aromatic nitrogens is 2. The molecule has 0 aliphatic carbocycles. The van der Waals surface area contributed by atoms with Gasteiger partial charge < -0.3 is 20.7 Å². The number of carboxylic acids is 1. The van der Waals surface area contributed by atoms with E-state index in [1.165, 1.54) is 0 Å². The van der Waals surface area contributed by atoms with Crippen molar-refractivity contribution in [1.82, 2.24) is 15.5 Å². The molecule has 0 aliphatic heterocycles. The normalized spacial score (nSPS) is 11.6. The van der Waals surface area contributed by atoms with Crippen LogP contribution in [0, 0.1) is 0 Å². The van der Waals surface area contributed by atoms with E-state index >= 15 is 0 Å². The lowest BCUT2D eigenvalue weighted by Gasteiger charge is -2.16. The number of aryl methyl sites for hydroxylation is 1. The highest BCUT2D eigenvalue weighted by Crippen LogP contribution is 2.16. The summed E-state index contributed by atoms with van der Waals surface area (Å²) in [5.74, 6) is -1.97. The van der Waals surface area contributed by atoms with E-state index in [9.17, 15) is 19.2 Å². The third kappa shape index (κ3) is 7.53. The molecule has 0 saturated heterocycles. The van der Waals surface area contributed by atoms with Crippen LogP contribution in [0.3, 0.4) is 0 Å². The Hall–Kier alpha value is -3.56. The molecule has 0 bridgehead atoms. The summed E-state index contributed by atoms with van der Waals surface area (Å²) in [6, 6.07) is 8.15. The van der Waals surface area contributed by atoms with E-state index in [2.05, 4.69) is 15.5 Å². The van der Waals surface area contributed by atoms with Crippen molar-refractivity contribution in [2.75, 3.05) is 0 Å². The molecule has 2 amide bonds. The van der Waals surface area contributed by atoms with Crippen LogP contribution in [0.4, 0.5) is 0 Å². The molecule has 0 spiro atoms. The lowest BCUT2D eigenvalue weighted by atomic mass is 10.0. The van der Waals surface area contributed by atoms with Gasteiger partial charge in [-0.15, -0.1) is 0 Å². The minimum absolute atomic E-state index is 0.0135. The lowest BCUT2D eigenvalue weighted by molar-refractivity contribution is -0.138. The summed E-state index contributed by atoms with van der Waals surface area (Å²) in [6.45, 7) is 0. The summed E-state index contributed by atoms with van der Waals surface area (Å²) >= 11 is 0. The smallest absolute Gasteiger partial charge is 0.303 e. The van der Waals surface area contributed by atoms with E-state index in [0.717, 1.165) is 5.56 Å². The fourth-order valence-corrected chi connectivity index (χ4v) is 2.55. The molecule has 0 saturated carbocycles. The van der Waals surface area contributed by atoms with Crippen LogP contribution in [0.2, 0.25) is 0 Å². The minimum Gasteiger partial charge on any atom is -0.481 e. The Labute approximate surface area is 166 Å². The highest BCUT2D eigenvalue weighted by atomic mass is 16.5. The molecule has 2 rings (SSSR count). The van der Waals surface area contributed by atoms with Crippen molar-refractivity contribution in [3.05, 3.63) is 36.2 Å². The van der Waals surface area contributed by atoms with Crippen molar-refractivity contribution < 1.29 is 28.8 Å². The molecule has 0 radical (unpaired) electrons. The zero-order chi connectivity index (χ0) is 21.2. The second-order valence-electron chi connectivity index (χ2n) is 6.37. The quantitative estimate of drug-likeness (QED) is 0.470. The molecule has 10 heteroatoms. The Morgan fingerprint density at radius 1 is 1.07 bits per heavy atom. The predicted octanol–water partition coefficient (Wildman–Crippen LogP) is 0.853. The van der Waals surface area contributed by atoms with Gasteiger partial charge in [-0.2, -0.15) is 4.98 Å². The average molecular weight is 402 g/mol. The van der Waals surface area contributed by atoms with Gasteiger partial charge in [0.25, 0.3) is 5.89 Å². The van der Waals surface area contributed by atoms with Crippen LogP contribution >= 0.6 is 0 Å². The maximum Gasteiger partial charge on any atom is 0.303 e. The van der Waals surface area contributed by atoms with Gasteiger partial charge in [-0.3, -0.25) is 19.2 Å². The molecular weight excluding hydrogens is 380 g/mol. The monoisotopic (exact) mass is 402 g/mol. The van der Waals surface area contributed by atoms with Gasteiger partial charge in [0.15, 0.2) is 11.6 Å². The van der Waals surface area contributed by atoms with E-state index in [0.29, 0.717) is 11.7 Å². The number of nitrogens with zero attached hydrogens (tertiary/aromatic N) is 2. The SMILES string of the molecule is NC(=O)CCC(=O)[C@H](CCC(=O)O)NC(=O)CCc1noc(-c2ccccc2)n1. The molecule has 2 aromatic rings. The summed E-state index contributed by atoms with van der Waals surface area (Å²) in [6.07, 6.45) is -0.518. The maximum absolute atomic E-state index is 12.2. The number of carbonyl (C=O) groups is 4. The first-order valence-electron chi connectivity index (χ1n) is 9.05. The van der Waals surface area contributed by atoms with Crippen molar-refractivity contribution in [3.8, 4) is 11.5 Å². The summed E-state index contributed by atoms with van der Waals surface area (Å²) < 4.78 is 5.17. The van der Waals surface area contributed by atoms with Crippen LogP contribution in [0.25, 0.3) is 11.5 Å². The molecule has 29 heavy (non-hydrogen) atoms. The van der Waals surface area contributed by atoms with Crippen LogP contribution in [-0.2, 0) is 25.6 Å². The number of Topliss-reactive ketones (excluding diaryl/α,β-unsaturated/α-hetero) is 1. The Morgan fingerprint density at radius 3 is 2.45 bits per heavy atom. The number of hydrogen-bond donors (Lipinski definition) is 3. The largest absolute Gasteiger partial charge is 0.481 e. The van der Waals surface area contributed by atoms with Gasteiger partial charge in [-0.25, -0.2) is 0 Å². The second-order valence-corrected chi connectivity index (χ2v) is 6.37. The summed E-state index contributed by atoms with van der Waals surface area (Å²) in [5, 5.41) is 15.2. The number of aliphatic carboxylic acids is 1. The Balaban J connectivity index is 1.90. The van der Waals surface area contributed by atoms with Crippen LogP contribution in [-0.4, -0.2) is 44.9 Å². The van der Waals surface area contributed by atoms with Gasteiger partial charge in [-0.05, 0) is 18.6 Å². The van der Waals surface area contributed by atoms with Crippen molar-refractivity contribution in [2.45, 2.75) is 44.6 Å². The first kappa shape index (κ1) is 21.7. The van der Waals surface area contributed by atoms with Crippen LogP contribution in [0.5, 0.6) is 0 Å². The fourth-order valence-electron chi connectivity index (χ4n) is 2.55. The second kappa shape index (κ2) is 10.7. The standard InChI is InChI=1S/C19H22N4O6/c20-15(25)8-7-14(24)13(6-11-18(27)28)21-17(26)10-9-16-22-19(29-23-16)12-4-2-1-3-5-12/h1-5,13H,6-11H2,(H2,20,25)(H,21,26)(H,27,28)/t13-/m0/s1. The molecule has 1 aromatic heterocycles. The van der Waals surface area contributed by atoms with Gasteiger partial charge >= 0.3 is 5.97 Å². The average Bonchev–Trinajstić information content (AvgIpc) is 3.17. The molecule has 1 aromatic carbocycles. The summed E-state index contributed by atoms with van der Waals surface area (Å²) in [7, 11) is 0. The molecule has 1 atom stereocenters. The topological polar surface area (TPSA) is 165 Å². The Morgan fingerprint density at radius 2 is 1.79 bits per heavy atom. The zero-order valence-electron chi connectivity index (χ0n) is 15.7. The van der Waals surface area contributed by atoms with Gasteiger partial charge in [0, 0.05) is 37.7 Å². The number of hydrogen-bond acceptors (Lipinski definition) is 7. The van der Waals surface area contributed by atoms with Crippen LogP contribution in [0.1, 0.15) is 37.9 Å². The third-order valence-electron chi connectivity index (χ3n) is 4.05. The van der Waals surface area contributed by atoms with Crippen molar-refractivity contribution in [1.29, 1.82) is 0 Å². The fraction of sp³-hybridized carbons (Fsp3) is 0.368. The lowest BCUT2D eigenvalue weighted by Crippen LogP contribution is -2.41. The van der Waals surface area contributed by atoms with E-state index < -0.39 is 29.6 Å². The number of ketones is 1. The van der Waals surface area contributed by atoms with E-state index in [-0.39, 0.29) is 38.5 Å². The first-order chi connectivity index (χ1) is 13.8. The zero-order valence-corrected chi connectivity index (χ0v) is 15.7. The predicted molar refractivity (Wildman–Crippen MR) is 100 cm³/mol. The van der Waals surface area contributed by atoms with Gasteiger partial charge in [0.2, 0.25) is 11.8 Å². The Kier molecular flexibility index (Phi) is 8.01. The minimum atomic E-state index is -1.09. The number of nitrogens with two attached hydrogens (primary N) is 1. The number of rotatable bonds is 12. The van der Waals surface area contributed by atoms with Crippen molar-refractivity contribution in [2.24, 2.45) is 5.73 Å². The van der Waals surface area contributed by atoms with E-state index in [1.54, 1.807) is 0 Å². The van der Waals surface area contributed by atoms with E-state index in [4.69, 9.17) is 15.4 Å². The number of nitrogens with one attached hydrogen (secondary N) is 1. The number of benzene rings is 1. The molecule has 0 fully saturated rings. The molecule has 0 unspecified atom stereocenters. The summed E-state index contributed by atoms with van der Waals surface area (Å²) in [5.41, 5.74) is 5.78. The molecule has 10 nitrogen and oxygen atoms in total. The molecular formula is C19H22N4O6. The number of carbonyl (C=O) groups excluding carboxylic acids is 3. The highest BCUT2D eigenvalue weighted by molar-refractivity contribution is 5.91. The van der Waals surface area contributed by atoms with Crippen LogP contribution < -0.4 is 11.1 Å². The Bertz CT molecular complexity index is 865. The van der Waals surface area contributed by atoms with Crippen LogP contribution in [0.15, 0.2) is 34.9 Å². The molecule has 4 N–H and O–H groups in total. The number of primary amides is 1. The number of amides is 2. The van der Waals surface area contributed by atoms with Gasteiger partial charge in [0.05, 0.1) is 6.04 Å². The van der Waals surface area contributed by atoms with E-state index in [1.807, 2.05) is 30.3 Å². The first-order valence-corrected chi connectivity index (χ1v) is 9.05. The molecule has 154 valence electrons. The van der Waals surface area contributed by atoms with Gasteiger partial charge in [0.1, 0.15) is 0 Å². The maximum atomic E-state index is 12.2. The van der Waals surface area contributed by atoms with Gasteiger partial charge in [-0.1, -0.05) is 23.4 Å². The summed E-state index contributed by atoms with van der Waals surface area (Å²) in [4.78, 5) is 50.2. The van der Waals surface area contributed by atoms with Crippen molar-refractivity contribution in [3.63, 3.8) is 0 Å². The van der Waals surface area contributed by atoms with Crippen molar-refractivity contribution >= 4 is 23.6 Å². The highest BCUT2D eigenvalue weighted by Gasteiger charge is 2.22. The third-order valence-corrected chi connectivity index (χ3v) is 4.05. The molecule has 0 aliphatic rings.